The normalized spacial score (nSPS) is 12.0. The molecule has 7 nitrogen and oxygen atoms in total. The quantitative estimate of drug-likeness (QED) is 0.551. The summed E-state index contributed by atoms with van der Waals surface area (Å²) in [6.45, 7) is 2.70. The lowest BCUT2D eigenvalue weighted by Gasteiger charge is -2.29. The van der Waals surface area contributed by atoms with Crippen LogP contribution in [0, 0.1) is 0 Å². The molecule has 0 aliphatic carbocycles. The summed E-state index contributed by atoms with van der Waals surface area (Å²) in [5.41, 5.74) is 1.17. The fourth-order valence-corrected chi connectivity index (χ4v) is 3.62. The van der Waals surface area contributed by atoms with Gasteiger partial charge in [-0.15, -0.1) is 0 Å². The highest BCUT2D eigenvalue weighted by Crippen LogP contribution is 2.24. The SMILES string of the molecule is CCC(c1nc2ccccc2c(=O)n1CCOC)N(C)C(=O)Nc1ccc(Br)cc1. The van der Waals surface area contributed by atoms with Gasteiger partial charge in [0.2, 0.25) is 0 Å². The third kappa shape index (κ3) is 4.71. The summed E-state index contributed by atoms with van der Waals surface area (Å²) in [6.07, 6.45) is 0.599. The number of nitrogens with one attached hydrogen (secondary N) is 1. The lowest BCUT2D eigenvalue weighted by atomic mass is 10.1. The van der Waals surface area contributed by atoms with Crippen molar-refractivity contribution in [1.82, 2.24) is 14.5 Å². The molecular weight excluding hydrogens is 448 g/mol. The van der Waals surface area contributed by atoms with Crippen molar-refractivity contribution in [3.05, 3.63) is 69.2 Å². The predicted octanol–water partition coefficient (Wildman–Crippen LogP) is 4.42. The molecule has 0 aliphatic heterocycles. The summed E-state index contributed by atoms with van der Waals surface area (Å²) in [6, 6.07) is 14.0. The van der Waals surface area contributed by atoms with E-state index in [0.29, 0.717) is 42.0 Å². The Morgan fingerprint density at radius 1 is 1.23 bits per heavy atom. The van der Waals surface area contributed by atoms with Crippen molar-refractivity contribution in [2.75, 3.05) is 26.1 Å². The minimum atomic E-state index is -0.380. The van der Waals surface area contributed by atoms with Gasteiger partial charge in [0, 0.05) is 24.3 Å². The molecule has 1 N–H and O–H groups in total. The van der Waals surface area contributed by atoms with Gasteiger partial charge in [-0.25, -0.2) is 9.78 Å². The highest BCUT2D eigenvalue weighted by Gasteiger charge is 2.26. The van der Waals surface area contributed by atoms with Crippen molar-refractivity contribution in [1.29, 1.82) is 0 Å². The van der Waals surface area contributed by atoms with Gasteiger partial charge in [0.05, 0.1) is 30.1 Å². The van der Waals surface area contributed by atoms with E-state index in [1.807, 2.05) is 49.4 Å². The number of carbonyl (C=O) groups is 1. The smallest absolute Gasteiger partial charge is 0.322 e. The Bertz CT molecular complexity index is 1080. The number of hydrogen-bond donors (Lipinski definition) is 1. The summed E-state index contributed by atoms with van der Waals surface area (Å²) < 4.78 is 7.74. The van der Waals surface area contributed by atoms with E-state index in [1.54, 1.807) is 29.7 Å². The van der Waals surface area contributed by atoms with Crippen LogP contribution in [0.2, 0.25) is 0 Å². The minimum Gasteiger partial charge on any atom is -0.383 e. The molecule has 3 rings (SSSR count). The Kier molecular flexibility index (Phi) is 7.23. The molecule has 0 saturated heterocycles. The van der Waals surface area contributed by atoms with Crippen molar-refractivity contribution in [2.24, 2.45) is 0 Å². The molecule has 8 heteroatoms. The van der Waals surface area contributed by atoms with Crippen LogP contribution in [0.1, 0.15) is 25.2 Å². The van der Waals surface area contributed by atoms with Gasteiger partial charge in [-0.3, -0.25) is 9.36 Å². The maximum Gasteiger partial charge on any atom is 0.322 e. The van der Waals surface area contributed by atoms with Crippen LogP contribution in [0.3, 0.4) is 0 Å². The average molecular weight is 473 g/mol. The first-order chi connectivity index (χ1) is 14.5. The number of benzene rings is 2. The van der Waals surface area contributed by atoms with Crippen LogP contribution in [0.5, 0.6) is 0 Å². The summed E-state index contributed by atoms with van der Waals surface area (Å²) in [5.74, 6) is 0.548. The van der Waals surface area contributed by atoms with Crippen molar-refractivity contribution in [3.8, 4) is 0 Å². The number of amides is 2. The van der Waals surface area contributed by atoms with Crippen molar-refractivity contribution >= 4 is 38.6 Å². The standard InChI is InChI=1S/C22H25BrN4O3/c1-4-19(26(2)22(29)24-16-11-9-15(23)10-12-16)20-25-18-8-6-5-7-17(18)21(28)27(20)13-14-30-3/h5-12,19H,4,13-14H2,1-3H3,(H,24,29). The van der Waals surface area contributed by atoms with Gasteiger partial charge in [0.25, 0.3) is 5.56 Å². The van der Waals surface area contributed by atoms with E-state index in [0.717, 1.165) is 4.47 Å². The molecule has 0 aliphatic rings. The van der Waals surface area contributed by atoms with Gasteiger partial charge in [-0.1, -0.05) is 35.0 Å². The number of rotatable bonds is 7. The number of hydrogen-bond acceptors (Lipinski definition) is 4. The predicted molar refractivity (Wildman–Crippen MR) is 122 cm³/mol. The zero-order valence-corrected chi connectivity index (χ0v) is 18.8. The number of urea groups is 1. The van der Waals surface area contributed by atoms with E-state index in [-0.39, 0.29) is 17.6 Å². The van der Waals surface area contributed by atoms with Crippen LogP contribution in [0.25, 0.3) is 10.9 Å². The first-order valence-electron chi connectivity index (χ1n) is 9.74. The van der Waals surface area contributed by atoms with Gasteiger partial charge >= 0.3 is 6.03 Å². The first-order valence-corrected chi connectivity index (χ1v) is 10.5. The molecule has 1 unspecified atom stereocenters. The Labute approximate surface area is 183 Å². The molecule has 2 aromatic carbocycles. The van der Waals surface area contributed by atoms with Crippen LogP contribution in [0.4, 0.5) is 10.5 Å². The Hall–Kier alpha value is -2.71. The molecule has 30 heavy (non-hydrogen) atoms. The number of fused-ring (bicyclic) bond motifs is 1. The number of nitrogens with zero attached hydrogens (tertiary/aromatic N) is 3. The second-order valence-electron chi connectivity index (χ2n) is 6.91. The Morgan fingerprint density at radius 3 is 2.60 bits per heavy atom. The Balaban J connectivity index is 1.98. The monoisotopic (exact) mass is 472 g/mol. The van der Waals surface area contributed by atoms with E-state index >= 15 is 0 Å². The minimum absolute atomic E-state index is 0.132. The fourth-order valence-electron chi connectivity index (χ4n) is 3.35. The van der Waals surface area contributed by atoms with Crippen molar-refractivity contribution in [2.45, 2.75) is 25.9 Å². The molecule has 3 aromatic rings. The fraction of sp³-hybridized carbons (Fsp3) is 0.318. The maximum atomic E-state index is 13.1. The van der Waals surface area contributed by atoms with E-state index in [9.17, 15) is 9.59 Å². The van der Waals surface area contributed by atoms with Gasteiger partial charge < -0.3 is 15.0 Å². The molecule has 1 atom stereocenters. The molecule has 158 valence electrons. The number of methoxy groups -OCH3 is 1. The molecular formula is C22H25BrN4O3. The topological polar surface area (TPSA) is 76.5 Å². The number of halogens is 1. The lowest BCUT2D eigenvalue weighted by Crippen LogP contribution is -2.39. The maximum absolute atomic E-state index is 13.1. The first kappa shape index (κ1) is 22.0. The summed E-state index contributed by atoms with van der Waals surface area (Å²) in [7, 11) is 3.30. The highest BCUT2D eigenvalue weighted by molar-refractivity contribution is 9.10. The zero-order valence-electron chi connectivity index (χ0n) is 17.3. The third-order valence-corrected chi connectivity index (χ3v) is 5.51. The molecule has 0 fully saturated rings. The molecule has 1 heterocycles. The molecule has 0 saturated carbocycles. The van der Waals surface area contributed by atoms with E-state index in [4.69, 9.17) is 9.72 Å². The lowest BCUT2D eigenvalue weighted by molar-refractivity contribution is 0.177. The average Bonchev–Trinajstić information content (AvgIpc) is 2.75. The molecule has 2 amide bonds. The summed E-state index contributed by atoms with van der Waals surface area (Å²) in [5, 5.41) is 3.44. The van der Waals surface area contributed by atoms with Gasteiger partial charge in [0.1, 0.15) is 5.82 Å². The zero-order chi connectivity index (χ0) is 21.7. The number of aromatic nitrogens is 2. The number of para-hydroxylation sites is 1. The van der Waals surface area contributed by atoms with E-state index in [2.05, 4.69) is 21.2 Å². The second kappa shape index (κ2) is 9.86. The van der Waals surface area contributed by atoms with Crippen molar-refractivity contribution < 1.29 is 9.53 Å². The summed E-state index contributed by atoms with van der Waals surface area (Å²) >= 11 is 3.39. The molecule has 0 spiro atoms. The molecule has 0 bridgehead atoms. The molecule has 0 radical (unpaired) electrons. The van der Waals surface area contributed by atoms with Crippen LogP contribution in [-0.4, -0.2) is 41.2 Å². The van der Waals surface area contributed by atoms with Gasteiger partial charge in [0.15, 0.2) is 0 Å². The van der Waals surface area contributed by atoms with Crippen LogP contribution in [-0.2, 0) is 11.3 Å². The van der Waals surface area contributed by atoms with E-state index < -0.39 is 0 Å². The highest BCUT2D eigenvalue weighted by atomic mass is 79.9. The van der Waals surface area contributed by atoms with E-state index in [1.165, 1.54) is 0 Å². The van der Waals surface area contributed by atoms with Crippen LogP contribution in [0.15, 0.2) is 57.8 Å². The van der Waals surface area contributed by atoms with Crippen LogP contribution >= 0.6 is 15.9 Å². The van der Waals surface area contributed by atoms with Gasteiger partial charge in [-0.05, 0) is 42.8 Å². The number of ether oxygens (including phenoxy) is 1. The van der Waals surface area contributed by atoms with Crippen molar-refractivity contribution in [3.63, 3.8) is 0 Å². The summed E-state index contributed by atoms with van der Waals surface area (Å²) in [4.78, 5) is 32.4. The largest absolute Gasteiger partial charge is 0.383 e. The number of anilines is 1. The second-order valence-corrected chi connectivity index (χ2v) is 7.82. The van der Waals surface area contributed by atoms with Crippen LogP contribution < -0.4 is 10.9 Å². The number of carbonyl (C=O) groups excluding carboxylic acids is 1. The van der Waals surface area contributed by atoms with Gasteiger partial charge in [-0.2, -0.15) is 0 Å². The molecule has 1 aromatic heterocycles. The Morgan fingerprint density at radius 2 is 1.93 bits per heavy atom. The third-order valence-electron chi connectivity index (χ3n) is 4.98.